The van der Waals surface area contributed by atoms with Gasteiger partial charge in [0.1, 0.15) is 11.4 Å². The van der Waals surface area contributed by atoms with E-state index in [1.54, 1.807) is 32.0 Å². The topological polar surface area (TPSA) is 98.7 Å². The number of anilines is 3. The number of piperidine rings is 1. The zero-order chi connectivity index (χ0) is 30.5. The van der Waals surface area contributed by atoms with Crippen LogP contribution in [0.25, 0.3) is 0 Å². The number of benzene rings is 1. The second kappa shape index (κ2) is 11.2. The first-order chi connectivity index (χ1) is 19.6. The molecule has 1 aliphatic carbocycles. The van der Waals surface area contributed by atoms with Crippen molar-refractivity contribution in [3.63, 3.8) is 0 Å². The maximum Gasteiger partial charge on any atom is 0.421 e. The molecule has 42 heavy (non-hydrogen) atoms. The molecule has 3 heterocycles. The average molecular weight is 610 g/mol. The van der Waals surface area contributed by atoms with Crippen LogP contribution in [0.15, 0.2) is 29.3 Å². The van der Waals surface area contributed by atoms with Crippen LogP contribution in [-0.2, 0) is 16.0 Å². The number of likely N-dealkylation sites (tertiary alicyclic amines) is 1. The maximum absolute atomic E-state index is 13.9. The van der Waals surface area contributed by atoms with Gasteiger partial charge in [-0.15, -0.1) is 0 Å². The molecule has 8 nitrogen and oxygen atoms in total. The summed E-state index contributed by atoms with van der Waals surface area (Å²) in [6.45, 7) is 10.1. The Morgan fingerprint density at radius 1 is 1.10 bits per heavy atom. The van der Waals surface area contributed by atoms with Crippen molar-refractivity contribution in [3.8, 4) is 0 Å². The monoisotopic (exact) mass is 609 g/mol. The van der Waals surface area contributed by atoms with Crippen LogP contribution in [0.3, 0.4) is 0 Å². The minimum absolute atomic E-state index is 0.0244. The minimum Gasteiger partial charge on any atom is -0.388 e. The Balaban J connectivity index is 1.32. The molecule has 0 radical (unpaired) electrons. The number of aliphatic hydroxyl groups is 1. The molecule has 1 saturated carbocycles. The van der Waals surface area contributed by atoms with E-state index in [9.17, 15) is 26.7 Å². The Hall–Kier alpha value is -2.44. The number of alkyl halides is 3. The van der Waals surface area contributed by atoms with E-state index in [0.717, 1.165) is 32.1 Å². The lowest BCUT2D eigenvalue weighted by atomic mass is 9.63. The summed E-state index contributed by atoms with van der Waals surface area (Å²) in [4.78, 5) is 12.4. The number of sulfone groups is 1. The third kappa shape index (κ3) is 6.40. The lowest BCUT2D eigenvalue weighted by molar-refractivity contribution is -0.137. The Morgan fingerprint density at radius 3 is 2.40 bits per heavy atom. The van der Waals surface area contributed by atoms with E-state index >= 15 is 0 Å². The number of hydrogen-bond donors (Lipinski definition) is 2. The fraction of sp³-hybridized carbons (Fsp3) is 0.667. The van der Waals surface area contributed by atoms with Crippen molar-refractivity contribution >= 4 is 27.3 Å². The molecule has 1 atom stereocenters. The lowest BCUT2D eigenvalue weighted by Gasteiger charge is -2.52. The van der Waals surface area contributed by atoms with E-state index in [0.29, 0.717) is 55.9 Å². The molecule has 2 aromatic rings. The van der Waals surface area contributed by atoms with Crippen molar-refractivity contribution in [2.45, 2.75) is 101 Å². The highest BCUT2D eigenvalue weighted by molar-refractivity contribution is 7.92. The predicted molar refractivity (Wildman–Crippen MR) is 157 cm³/mol. The van der Waals surface area contributed by atoms with Crippen molar-refractivity contribution in [3.05, 3.63) is 35.5 Å². The number of aryl methyl sites for hydroxylation is 1. The van der Waals surface area contributed by atoms with Gasteiger partial charge in [0.05, 0.1) is 15.7 Å². The third-order valence-corrected chi connectivity index (χ3v) is 11.5. The standard InChI is InChI=1S/C30H42F3N5O3S/c1-20(2)37-13-10-29(11-14-37)16-23(17-29)42(40,41)22-7-8-25(21(3)15-22)35-27-34-18-24(30(31,32)33)26(36-27)38-12-6-5-9-28(4,39)19-38/h7-8,15,18,20,23,39H,5-6,9-14,16-17,19H2,1-4H3,(H,34,35,36). The first-order valence-electron chi connectivity index (χ1n) is 14.9. The molecule has 232 valence electrons. The third-order valence-electron chi connectivity index (χ3n) is 9.42. The number of β-amino-alcohol motifs (C(OH)–C–C–N with tert-alkyl or cyclic N) is 1. The minimum atomic E-state index is -4.66. The first kappa shape index (κ1) is 31.0. The van der Waals surface area contributed by atoms with Gasteiger partial charge in [-0.2, -0.15) is 18.2 Å². The van der Waals surface area contributed by atoms with Gasteiger partial charge in [-0.1, -0.05) is 0 Å². The molecule has 5 rings (SSSR count). The number of rotatable bonds is 6. The molecule has 1 spiro atoms. The number of halogens is 3. The molecule has 1 unspecified atom stereocenters. The SMILES string of the molecule is Cc1cc(S(=O)(=O)C2CC3(CCN(C(C)C)CC3)C2)ccc1Nc1ncc(C(F)(F)F)c(N2CCCCC(C)(O)C2)n1. The second-order valence-corrected chi connectivity index (χ2v) is 15.3. The van der Waals surface area contributed by atoms with Crippen LogP contribution in [0.2, 0.25) is 0 Å². The fourth-order valence-corrected chi connectivity index (χ4v) is 8.88. The second-order valence-electron chi connectivity index (χ2n) is 13.1. The van der Waals surface area contributed by atoms with Gasteiger partial charge < -0.3 is 20.2 Å². The lowest BCUT2D eigenvalue weighted by Crippen LogP contribution is -2.52. The molecule has 0 bridgehead atoms. The molecular weight excluding hydrogens is 567 g/mol. The van der Waals surface area contributed by atoms with Gasteiger partial charge in [0.2, 0.25) is 5.95 Å². The van der Waals surface area contributed by atoms with Gasteiger partial charge in [0.15, 0.2) is 9.84 Å². The number of nitrogens with one attached hydrogen (secondary N) is 1. The summed E-state index contributed by atoms with van der Waals surface area (Å²) in [7, 11) is -3.51. The van der Waals surface area contributed by atoms with E-state index in [1.165, 1.54) is 4.90 Å². The highest BCUT2D eigenvalue weighted by Crippen LogP contribution is 2.53. The number of nitrogens with zero attached hydrogens (tertiary/aromatic N) is 4. The summed E-state index contributed by atoms with van der Waals surface area (Å²) < 4.78 is 68.6. The largest absolute Gasteiger partial charge is 0.421 e. The highest BCUT2D eigenvalue weighted by Gasteiger charge is 2.51. The first-order valence-corrected chi connectivity index (χ1v) is 16.4. The van der Waals surface area contributed by atoms with Crippen molar-refractivity contribution in [1.82, 2.24) is 14.9 Å². The summed E-state index contributed by atoms with van der Waals surface area (Å²) in [5.41, 5.74) is -0.844. The normalized spacial score (nSPS) is 24.1. The molecule has 0 amide bonds. The average Bonchev–Trinajstić information content (AvgIpc) is 3.08. The van der Waals surface area contributed by atoms with E-state index < -0.39 is 32.4 Å². The van der Waals surface area contributed by atoms with Crippen molar-refractivity contribution < 1.29 is 26.7 Å². The van der Waals surface area contributed by atoms with Crippen molar-refractivity contribution in [2.24, 2.45) is 5.41 Å². The molecule has 3 fully saturated rings. The zero-order valence-electron chi connectivity index (χ0n) is 24.8. The van der Waals surface area contributed by atoms with Gasteiger partial charge in [0.25, 0.3) is 0 Å². The smallest absolute Gasteiger partial charge is 0.388 e. The van der Waals surface area contributed by atoms with Gasteiger partial charge in [0, 0.05) is 31.0 Å². The molecule has 1 aromatic heterocycles. The molecule has 1 aromatic carbocycles. The molecule has 2 N–H and O–H groups in total. The van der Waals surface area contributed by atoms with E-state index in [2.05, 4.69) is 34.0 Å². The Labute approximate surface area is 246 Å². The van der Waals surface area contributed by atoms with Gasteiger partial charge in [-0.25, -0.2) is 13.4 Å². The van der Waals surface area contributed by atoms with E-state index in [4.69, 9.17) is 0 Å². The van der Waals surface area contributed by atoms with Gasteiger partial charge in [-0.3, -0.25) is 0 Å². The van der Waals surface area contributed by atoms with Gasteiger partial charge >= 0.3 is 6.18 Å². The fourth-order valence-electron chi connectivity index (χ4n) is 6.75. The molecule has 12 heteroatoms. The number of aromatic nitrogens is 2. The predicted octanol–water partition coefficient (Wildman–Crippen LogP) is 5.72. The van der Waals surface area contributed by atoms with Crippen LogP contribution >= 0.6 is 0 Å². The molecule has 2 saturated heterocycles. The quantitative estimate of drug-likeness (QED) is 0.430. The maximum atomic E-state index is 13.9. The van der Waals surface area contributed by atoms with E-state index in [1.807, 2.05) is 0 Å². The Morgan fingerprint density at radius 2 is 1.79 bits per heavy atom. The summed E-state index contributed by atoms with van der Waals surface area (Å²) in [5.74, 6) is -0.313. The highest BCUT2D eigenvalue weighted by atomic mass is 32.2. The summed E-state index contributed by atoms with van der Waals surface area (Å²) in [6.07, 6.45) is 1.36. The van der Waals surface area contributed by atoms with Crippen LogP contribution in [0, 0.1) is 12.3 Å². The van der Waals surface area contributed by atoms with Crippen LogP contribution < -0.4 is 10.2 Å². The summed E-state index contributed by atoms with van der Waals surface area (Å²) >= 11 is 0. The summed E-state index contributed by atoms with van der Waals surface area (Å²) in [6, 6.07) is 5.28. The molecule has 2 aliphatic heterocycles. The van der Waals surface area contributed by atoms with Gasteiger partial charge in [-0.05, 0) is 115 Å². The van der Waals surface area contributed by atoms with Crippen LogP contribution in [0.1, 0.15) is 76.8 Å². The van der Waals surface area contributed by atoms with Crippen molar-refractivity contribution in [1.29, 1.82) is 0 Å². The Kier molecular flexibility index (Phi) is 8.30. The van der Waals surface area contributed by atoms with Crippen molar-refractivity contribution in [2.75, 3.05) is 36.4 Å². The van der Waals surface area contributed by atoms with E-state index in [-0.39, 0.29) is 28.6 Å². The van der Waals surface area contributed by atoms with Crippen LogP contribution in [-0.4, -0.2) is 71.5 Å². The van der Waals surface area contributed by atoms with Crippen LogP contribution in [0.5, 0.6) is 0 Å². The molecular formula is C30H42F3N5O3S. The van der Waals surface area contributed by atoms with Crippen LogP contribution in [0.4, 0.5) is 30.6 Å². The Bertz CT molecular complexity index is 1400. The molecule has 3 aliphatic rings. The number of hydrogen-bond acceptors (Lipinski definition) is 8. The summed E-state index contributed by atoms with van der Waals surface area (Å²) in [5, 5.41) is 13.2. The zero-order valence-corrected chi connectivity index (χ0v) is 25.7.